The summed E-state index contributed by atoms with van der Waals surface area (Å²) in [5, 5.41) is 3.76. The van der Waals surface area contributed by atoms with Gasteiger partial charge in [0.05, 0.1) is 6.10 Å². The fraction of sp³-hybridized carbons (Fsp3) is 0.231. The number of rotatable bonds is 6. The molecule has 108 valence electrons. The predicted octanol–water partition coefficient (Wildman–Crippen LogP) is 2.55. The minimum absolute atomic E-state index is 0.0455. The third kappa shape index (κ3) is 3.43. The lowest BCUT2D eigenvalue weighted by atomic mass is 10.2. The number of ether oxygens (including phenoxy) is 1. The monoisotopic (exact) mass is 315 g/mol. The zero-order valence-corrected chi connectivity index (χ0v) is 12.4. The summed E-state index contributed by atoms with van der Waals surface area (Å²) >= 11 is 1.50. The van der Waals surface area contributed by atoms with Crippen molar-refractivity contribution in [2.24, 2.45) is 0 Å². The molecule has 7 heteroatoms. The molecule has 0 bridgehead atoms. The topological polar surface area (TPSA) is 55.4 Å². The Morgan fingerprint density at radius 3 is 2.70 bits per heavy atom. The Balaban J connectivity index is 2.12. The molecule has 20 heavy (non-hydrogen) atoms. The molecule has 2 rings (SSSR count). The van der Waals surface area contributed by atoms with Crippen molar-refractivity contribution in [3.8, 4) is 0 Å². The summed E-state index contributed by atoms with van der Waals surface area (Å²) in [5.74, 6) is -0.774. The number of halogens is 1. The van der Waals surface area contributed by atoms with Gasteiger partial charge in [-0.15, -0.1) is 0 Å². The van der Waals surface area contributed by atoms with E-state index in [1.54, 1.807) is 0 Å². The first-order valence-corrected chi connectivity index (χ1v) is 8.26. The van der Waals surface area contributed by atoms with Crippen molar-refractivity contribution in [3.63, 3.8) is 0 Å². The first-order chi connectivity index (χ1) is 9.54. The van der Waals surface area contributed by atoms with Crippen molar-refractivity contribution in [1.29, 1.82) is 0 Å². The molecule has 0 saturated carbocycles. The van der Waals surface area contributed by atoms with E-state index in [4.69, 9.17) is 4.74 Å². The second-order valence-corrected chi connectivity index (χ2v) is 6.58. The highest BCUT2D eigenvalue weighted by molar-refractivity contribution is 7.89. The average Bonchev–Trinajstić information content (AvgIpc) is 2.94. The maximum Gasteiger partial charge on any atom is 0.243 e. The minimum Gasteiger partial charge on any atom is -0.375 e. The van der Waals surface area contributed by atoms with Gasteiger partial charge in [0.2, 0.25) is 10.0 Å². The Kier molecular flexibility index (Phi) is 4.87. The maximum absolute atomic E-state index is 13.5. The molecule has 1 atom stereocenters. The van der Waals surface area contributed by atoms with Crippen LogP contribution in [0.2, 0.25) is 0 Å². The molecule has 0 aliphatic carbocycles. The lowest BCUT2D eigenvalue weighted by molar-refractivity contribution is 0.107. The molecule has 0 aliphatic heterocycles. The van der Waals surface area contributed by atoms with Gasteiger partial charge < -0.3 is 4.74 Å². The Morgan fingerprint density at radius 1 is 1.35 bits per heavy atom. The van der Waals surface area contributed by atoms with Gasteiger partial charge >= 0.3 is 0 Å². The van der Waals surface area contributed by atoms with Crippen molar-refractivity contribution in [2.75, 3.05) is 13.7 Å². The van der Waals surface area contributed by atoms with Crippen LogP contribution in [0, 0.1) is 5.82 Å². The molecule has 1 N–H and O–H groups in total. The van der Waals surface area contributed by atoms with E-state index in [1.165, 1.54) is 36.6 Å². The average molecular weight is 315 g/mol. The number of benzene rings is 1. The molecule has 2 aromatic rings. The maximum atomic E-state index is 13.5. The van der Waals surface area contributed by atoms with E-state index in [9.17, 15) is 12.8 Å². The molecule has 1 unspecified atom stereocenters. The Morgan fingerprint density at radius 2 is 2.10 bits per heavy atom. The van der Waals surface area contributed by atoms with Crippen LogP contribution in [0.25, 0.3) is 0 Å². The molecule has 1 aromatic heterocycles. The summed E-state index contributed by atoms with van der Waals surface area (Å²) in [7, 11) is -2.39. The van der Waals surface area contributed by atoms with Crippen LogP contribution in [0.15, 0.2) is 46.0 Å². The predicted molar refractivity (Wildman–Crippen MR) is 75.7 cm³/mol. The van der Waals surface area contributed by atoms with Crippen LogP contribution in [-0.4, -0.2) is 22.1 Å². The molecule has 1 heterocycles. The van der Waals surface area contributed by atoms with E-state index < -0.39 is 21.9 Å². The molecule has 4 nitrogen and oxygen atoms in total. The van der Waals surface area contributed by atoms with Gasteiger partial charge in [0.15, 0.2) is 0 Å². The van der Waals surface area contributed by atoms with Gasteiger partial charge in [-0.2, -0.15) is 11.3 Å². The quantitative estimate of drug-likeness (QED) is 0.891. The molecular formula is C13H14FNO3S2. The molecule has 0 saturated heterocycles. The van der Waals surface area contributed by atoms with Gasteiger partial charge in [-0.25, -0.2) is 17.5 Å². The second kappa shape index (κ2) is 6.45. The standard InChI is InChI=1S/C13H14FNO3S2/c1-18-12(10-6-7-19-9-10)8-15-20(16,17)13-5-3-2-4-11(13)14/h2-7,9,12,15H,8H2,1H3. The Labute approximate surface area is 121 Å². The van der Waals surface area contributed by atoms with Crippen LogP contribution in [0.3, 0.4) is 0 Å². The zero-order chi connectivity index (χ0) is 14.6. The SMILES string of the molecule is COC(CNS(=O)(=O)c1ccccc1F)c1ccsc1. The lowest BCUT2D eigenvalue weighted by Gasteiger charge is -2.15. The van der Waals surface area contributed by atoms with E-state index in [0.29, 0.717) is 0 Å². The smallest absolute Gasteiger partial charge is 0.243 e. The van der Waals surface area contributed by atoms with Crippen LogP contribution in [0.1, 0.15) is 11.7 Å². The third-order valence-corrected chi connectivity index (χ3v) is 4.94. The molecule has 0 aliphatic rings. The summed E-state index contributed by atoms with van der Waals surface area (Å²) in [6.45, 7) is 0.0455. The van der Waals surface area contributed by atoms with Gasteiger partial charge in [0.25, 0.3) is 0 Å². The first-order valence-electron chi connectivity index (χ1n) is 5.83. The number of hydrogen-bond donors (Lipinski definition) is 1. The fourth-order valence-corrected chi connectivity index (χ4v) is 3.53. The van der Waals surface area contributed by atoms with E-state index in [2.05, 4.69) is 4.72 Å². The summed E-state index contributed by atoms with van der Waals surface area (Å²) < 4.78 is 45.2. The Bertz CT molecular complexity index is 656. The summed E-state index contributed by atoms with van der Waals surface area (Å²) in [5.41, 5.74) is 0.883. The number of sulfonamides is 1. The lowest BCUT2D eigenvalue weighted by Crippen LogP contribution is -2.29. The zero-order valence-electron chi connectivity index (χ0n) is 10.7. The molecular weight excluding hydrogens is 301 g/mol. The van der Waals surface area contributed by atoms with Gasteiger partial charge in [-0.05, 0) is 34.5 Å². The number of nitrogens with one attached hydrogen (secondary N) is 1. The van der Waals surface area contributed by atoms with E-state index in [0.717, 1.165) is 11.6 Å². The largest absolute Gasteiger partial charge is 0.375 e. The number of thiophene rings is 1. The molecule has 0 fully saturated rings. The molecule has 1 aromatic carbocycles. The van der Waals surface area contributed by atoms with Gasteiger partial charge in [-0.3, -0.25) is 0 Å². The van der Waals surface area contributed by atoms with Crippen LogP contribution >= 0.6 is 11.3 Å². The van der Waals surface area contributed by atoms with Gasteiger partial charge in [0.1, 0.15) is 10.7 Å². The van der Waals surface area contributed by atoms with Crippen molar-refractivity contribution in [2.45, 2.75) is 11.0 Å². The fourth-order valence-electron chi connectivity index (χ4n) is 1.72. The van der Waals surface area contributed by atoms with Gasteiger partial charge in [-0.1, -0.05) is 12.1 Å². The second-order valence-electron chi connectivity index (χ2n) is 4.06. The third-order valence-electron chi connectivity index (χ3n) is 2.78. The summed E-state index contributed by atoms with van der Waals surface area (Å²) in [6.07, 6.45) is -0.400. The van der Waals surface area contributed by atoms with Crippen molar-refractivity contribution in [1.82, 2.24) is 4.72 Å². The van der Waals surface area contributed by atoms with Crippen molar-refractivity contribution < 1.29 is 17.5 Å². The van der Waals surface area contributed by atoms with Crippen molar-refractivity contribution >= 4 is 21.4 Å². The highest BCUT2D eigenvalue weighted by Gasteiger charge is 2.20. The highest BCUT2D eigenvalue weighted by Crippen LogP contribution is 2.20. The Hall–Kier alpha value is -1.28. The van der Waals surface area contributed by atoms with E-state index in [-0.39, 0.29) is 11.4 Å². The first kappa shape index (κ1) is 15.1. The molecule has 0 amide bonds. The number of hydrogen-bond acceptors (Lipinski definition) is 4. The normalized spacial score (nSPS) is 13.3. The summed E-state index contributed by atoms with van der Waals surface area (Å²) in [4.78, 5) is -0.361. The van der Waals surface area contributed by atoms with Crippen LogP contribution in [0.5, 0.6) is 0 Å². The van der Waals surface area contributed by atoms with E-state index in [1.807, 2.05) is 16.8 Å². The van der Waals surface area contributed by atoms with Crippen LogP contribution in [-0.2, 0) is 14.8 Å². The van der Waals surface area contributed by atoms with Gasteiger partial charge in [0, 0.05) is 13.7 Å². The molecule has 0 spiro atoms. The van der Waals surface area contributed by atoms with Crippen LogP contribution < -0.4 is 4.72 Å². The van der Waals surface area contributed by atoms with E-state index >= 15 is 0 Å². The highest BCUT2D eigenvalue weighted by atomic mass is 32.2. The number of methoxy groups -OCH3 is 1. The van der Waals surface area contributed by atoms with Crippen molar-refractivity contribution in [3.05, 3.63) is 52.5 Å². The summed E-state index contributed by atoms with van der Waals surface area (Å²) in [6, 6.07) is 7.11. The minimum atomic E-state index is -3.89. The molecule has 0 radical (unpaired) electrons. The van der Waals surface area contributed by atoms with Crippen LogP contribution in [0.4, 0.5) is 4.39 Å².